The van der Waals surface area contributed by atoms with Gasteiger partial charge in [0, 0.05) is 0 Å². The Morgan fingerprint density at radius 3 is 2.24 bits per heavy atom. The fourth-order valence-corrected chi connectivity index (χ4v) is 4.58. The second kappa shape index (κ2) is 10.5. The summed E-state index contributed by atoms with van der Waals surface area (Å²) in [5.74, 6) is -0.266. The van der Waals surface area contributed by atoms with Gasteiger partial charge in [0.2, 0.25) is 5.91 Å². The molecule has 8 heteroatoms. The molecule has 174 valence electrons. The van der Waals surface area contributed by atoms with E-state index in [0.29, 0.717) is 0 Å². The Bertz CT molecular complexity index is 1210. The zero-order valence-electron chi connectivity index (χ0n) is 18.8. The van der Waals surface area contributed by atoms with Crippen molar-refractivity contribution in [3.05, 3.63) is 89.2 Å². The second-order valence-corrected chi connectivity index (χ2v) is 9.63. The van der Waals surface area contributed by atoms with Crippen LogP contribution in [0.5, 0.6) is 5.75 Å². The minimum Gasteiger partial charge on any atom is -0.491 e. The van der Waals surface area contributed by atoms with Gasteiger partial charge >= 0.3 is 0 Å². The van der Waals surface area contributed by atoms with E-state index in [0.717, 1.165) is 38.9 Å². The fraction of sp³-hybridized carbons (Fsp3) is 0.240. The highest BCUT2D eigenvalue weighted by Gasteiger charge is 2.27. The highest BCUT2D eigenvalue weighted by atomic mass is 32.2. The lowest BCUT2D eigenvalue weighted by Crippen LogP contribution is -2.42. The maximum Gasteiger partial charge on any atom is 0.264 e. The molecule has 0 bridgehead atoms. The van der Waals surface area contributed by atoms with E-state index >= 15 is 0 Å². The zero-order valence-corrected chi connectivity index (χ0v) is 19.7. The number of carbonyl (C=O) groups excluding carboxylic acids is 1. The lowest BCUT2D eigenvalue weighted by molar-refractivity contribution is -0.119. The van der Waals surface area contributed by atoms with E-state index in [1.165, 1.54) is 24.3 Å². The van der Waals surface area contributed by atoms with Crippen molar-refractivity contribution in [2.24, 2.45) is 0 Å². The van der Waals surface area contributed by atoms with E-state index in [2.05, 4.69) is 5.32 Å². The van der Waals surface area contributed by atoms with E-state index in [9.17, 15) is 17.6 Å². The standard InChI is InChI=1S/C25H27FN2O4S/c1-18-5-12-23(13-6-18)33(30,31)28(22-10-8-21(26)9-11-22)17-25(29)27-14-15-32-24-16-19(2)4-7-20(24)3/h4-13,16H,14-15,17H2,1-3H3,(H,27,29). The summed E-state index contributed by atoms with van der Waals surface area (Å²) in [4.78, 5) is 12.7. The molecule has 33 heavy (non-hydrogen) atoms. The molecule has 0 saturated heterocycles. The van der Waals surface area contributed by atoms with E-state index < -0.39 is 28.3 Å². The second-order valence-electron chi connectivity index (χ2n) is 7.77. The number of hydrogen-bond acceptors (Lipinski definition) is 4. The Morgan fingerprint density at radius 1 is 0.939 bits per heavy atom. The van der Waals surface area contributed by atoms with Gasteiger partial charge in [-0.05, 0) is 74.4 Å². The lowest BCUT2D eigenvalue weighted by atomic mass is 10.1. The number of benzene rings is 3. The summed E-state index contributed by atoms with van der Waals surface area (Å²) in [6.45, 7) is 5.73. The quantitative estimate of drug-likeness (QED) is 0.477. The topological polar surface area (TPSA) is 75.7 Å². The number of carbonyl (C=O) groups is 1. The van der Waals surface area contributed by atoms with Gasteiger partial charge in [0.05, 0.1) is 17.1 Å². The van der Waals surface area contributed by atoms with Crippen molar-refractivity contribution in [1.82, 2.24) is 5.32 Å². The highest BCUT2D eigenvalue weighted by molar-refractivity contribution is 7.92. The van der Waals surface area contributed by atoms with Crippen molar-refractivity contribution < 1.29 is 22.3 Å². The van der Waals surface area contributed by atoms with Crippen LogP contribution in [0.4, 0.5) is 10.1 Å². The van der Waals surface area contributed by atoms with Crippen molar-refractivity contribution in [2.45, 2.75) is 25.7 Å². The number of amides is 1. The number of ether oxygens (including phenoxy) is 1. The van der Waals surface area contributed by atoms with Crippen molar-refractivity contribution in [3.63, 3.8) is 0 Å². The smallest absolute Gasteiger partial charge is 0.264 e. The van der Waals surface area contributed by atoms with Gasteiger partial charge in [0.25, 0.3) is 10.0 Å². The molecular formula is C25H27FN2O4S. The minimum atomic E-state index is -4.04. The highest BCUT2D eigenvalue weighted by Crippen LogP contribution is 2.24. The molecule has 0 saturated carbocycles. The molecule has 0 aliphatic rings. The number of nitrogens with one attached hydrogen (secondary N) is 1. The van der Waals surface area contributed by atoms with E-state index in [1.54, 1.807) is 12.1 Å². The number of hydrogen-bond donors (Lipinski definition) is 1. The van der Waals surface area contributed by atoms with Gasteiger partial charge in [-0.2, -0.15) is 0 Å². The first-order valence-electron chi connectivity index (χ1n) is 10.5. The first-order valence-corrected chi connectivity index (χ1v) is 11.9. The summed E-state index contributed by atoms with van der Waals surface area (Å²) in [7, 11) is -4.04. The van der Waals surface area contributed by atoms with Crippen LogP contribution in [0, 0.1) is 26.6 Å². The van der Waals surface area contributed by atoms with Gasteiger partial charge in [0.1, 0.15) is 24.7 Å². The molecule has 0 aromatic heterocycles. The predicted molar refractivity (Wildman–Crippen MR) is 127 cm³/mol. The molecule has 1 amide bonds. The molecule has 0 radical (unpaired) electrons. The summed E-state index contributed by atoms with van der Waals surface area (Å²) in [6, 6.07) is 17.2. The van der Waals surface area contributed by atoms with Crippen molar-refractivity contribution in [1.29, 1.82) is 0 Å². The molecule has 0 aliphatic carbocycles. The van der Waals surface area contributed by atoms with Gasteiger partial charge < -0.3 is 10.1 Å². The number of sulfonamides is 1. The maximum atomic E-state index is 13.4. The Labute approximate surface area is 194 Å². The Morgan fingerprint density at radius 2 is 1.58 bits per heavy atom. The van der Waals surface area contributed by atoms with Crippen LogP contribution in [0.15, 0.2) is 71.6 Å². The van der Waals surface area contributed by atoms with Crippen LogP contribution in [0.25, 0.3) is 0 Å². The average molecular weight is 471 g/mol. The first-order chi connectivity index (χ1) is 15.7. The summed E-state index contributed by atoms with van der Waals surface area (Å²) >= 11 is 0. The number of rotatable bonds is 9. The third-order valence-electron chi connectivity index (χ3n) is 5.04. The van der Waals surface area contributed by atoms with E-state index in [-0.39, 0.29) is 23.7 Å². The summed E-state index contributed by atoms with van der Waals surface area (Å²) < 4.78 is 46.7. The van der Waals surface area contributed by atoms with Gasteiger partial charge in [-0.1, -0.05) is 29.8 Å². The van der Waals surface area contributed by atoms with E-state index in [1.807, 2.05) is 39.0 Å². The van der Waals surface area contributed by atoms with Gasteiger partial charge in [-0.15, -0.1) is 0 Å². The SMILES string of the molecule is Cc1ccc(S(=O)(=O)N(CC(=O)NCCOc2cc(C)ccc2C)c2ccc(F)cc2)cc1. The van der Waals surface area contributed by atoms with Crippen molar-refractivity contribution in [2.75, 3.05) is 24.0 Å². The van der Waals surface area contributed by atoms with Crippen LogP contribution >= 0.6 is 0 Å². The third kappa shape index (κ3) is 6.32. The number of anilines is 1. The lowest BCUT2D eigenvalue weighted by Gasteiger charge is -2.24. The largest absolute Gasteiger partial charge is 0.491 e. The predicted octanol–water partition coefficient (Wildman–Crippen LogP) is 4.14. The maximum absolute atomic E-state index is 13.4. The molecule has 1 N–H and O–H groups in total. The number of nitrogens with zero attached hydrogens (tertiary/aromatic N) is 1. The number of halogens is 1. The molecule has 0 fully saturated rings. The van der Waals surface area contributed by atoms with Crippen LogP contribution in [0.1, 0.15) is 16.7 Å². The Kier molecular flexibility index (Phi) is 7.71. The summed E-state index contributed by atoms with van der Waals surface area (Å²) in [5.41, 5.74) is 3.15. The zero-order chi connectivity index (χ0) is 24.0. The third-order valence-corrected chi connectivity index (χ3v) is 6.82. The molecule has 0 unspecified atom stereocenters. The van der Waals surface area contributed by atoms with Crippen molar-refractivity contribution in [3.8, 4) is 5.75 Å². The van der Waals surface area contributed by atoms with Crippen LogP contribution in [0.3, 0.4) is 0 Å². The molecule has 0 spiro atoms. The minimum absolute atomic E-state index is 0.0449. The molecule has 0 heterocycles. The van der Waals surface area contributed by atoms with Crippen LogP contribution in [0.2, 0.25) is 0 Å². The Balaban J connectivity index is 1.70. The summed E-state index contributed by atoms with van der Waals surface area (Å²) in [6.07, 6.45) is 0. The summed E-state index contributed by atoms with van der Waals surface area (Å²) in [5, 5.41) is 2.69. The molecule has 3 rings (SSSR count). The monoisotopic (exact) mass is 470 g/mol. The van der Waals surface area contributed by atoms with Crippen molar-refractivity contribution >= 4 is 21.6 Å². The van der Waals surface area contributed by atoms with Crippen LogP contribution in [-0.2, 0) is 14.8 Å². The number of aryl methyl sites for hydroxylation is 3. The normalized spacial score (nSPS) is 11.2. The van der Waals surface area contributed by atoms with Crippen LogP contribution in [-0.4, -0.2) is 34.0 Å². The van der Waals surface area contributed by atoms with Gasteiger partial charge in [-0.25, -0.2) is 12.8 Å². The fourth-order valence-electron chi connectivity index (χ4n) is 3.16. The molecule has 6 nitrogen and oxygen atoms in total. The van der Waals surface area contributed by atoms with Gasteiger partial charge in [-0.3, -0.25) is 9.10 Å². The average Bonchev–Trinajstić information content (AvgIpc) is 2.78. The van der Waals surface area contributed by atoms with Crippen LogP contribution < -0.4 is 14.4 Å². The first kappa shape index (κ1) is 24.3. The Hall–Kier alpha value is -3.39. The molecule has 3 aromatic carbocycles. The van der Waals surface area contributed by atoms with E-state index in [4.69, 9.17) is 4.74 Å². The molecule has 0 atom stereocenters. The molecular weight excluding hydrogens is 443 g/mol. The molecule has 3 aromatic rings. The van der Waals surface area contributed by atoms with Gasteiger partial charge in [0.15, 0.2) is 0 Å². The molecule has 0 aliphatic heterocycles.